The average Bonchev–Trinajstić information content (AvgIpc) is 2.14. The normalized spacial score (nSPS) is 10.6. The summed E-state index contributed by atoms with van der Waals surface area (Å²) in [5.74, 6) is 0.978. The standard InChI is InChI=1S/C11H19N3/c1-4-6-12-11-8-10(5-7-13-11)9-14(2)3/h5,7-8H,4,6,9H2,1-3H3,(H,12,13). The third-order valence-electron chi connectivity index (χ3n) is 1.88. The Morgan fingerprint density at radius 2 is 2.21 bits per heavy atom. The summed E-state index contributed by atoms with van der Waals surface area (Å²) < 4.78 is 0. The van der Waals surface area contributed by atoms with Gasteiger partial charge in [-0.1, -0.05) is 6.92 Å². The summed E-state index contributed by atoms with van der Waals surface area (Å²) in [6.45, 7) is 4.10. The van der Waals surface area contributed by atoms with E-state index in [2.05, 4.69) is 48.4 Å². The van der Waals surface area contributed by atoms with E-state index in [0.29, 0.717) is 0 Å². The molecule has 1 rings (SSSR count). The molecule has 0 radical (unpaired) electrons. The molecule has 0 unspecified atom stereocenters. The van der Waals surface area contributed by atoms with Crippen LogP contribution in [-0.2, 0) is 6.54 Å². The van der Waals surface area contributed by atoms with Crippen molar-refractivity contribution in [1.29, 1.82) is 0 Å². The summed E-state index contributed by atoms with van der Waals surface area (Å²) in [7, 11) is 4.14. The highest BCUT2D eigenvalue weighted by Gasteiger charge is 1.97. The van der Waals surface area contributed by atoms with Gasteiger partial charge in [0.1, 0.15) is 5.82 Å². The topological polar surface area (TPSA) is 28.2 Å². The lowest BCUT2D eigenvalue weighted by Crippen LogP contribution is -2.11. The van der Waals surface area contributed by atoms with Gasteiger partial charge in [0.05, 0.1) is 0 Å². The van der Waals surface area contributed by atoms with E-state index in [-0.39, 0.29) is 0 Å². The van der Waals surface area contributed by atoms with Crippen LogP contribution in [0.15, 0.2) is 18.3 Å². The first kappa shape index (κ1) is 11.0. The molecule has 0 aliphatic heterocycles. The second kappa shape index (κ2) is 5.60. The van der Waals surface area contributed by atoms with Crippen molar-refractivity contribution in [3.05, 3.63) is 23.9 Å². The van der Waals surface area contributed by atoms with Crippen LogP contribution in [0.4, 0.5) is 5.82 Å². The van der Waals surface area contributed by atoms with Gasteiger partial charge in [0.2, 0.25) is 0 Å². The Hall–Kier alpha value is -1.09. The van der Waals surface area contributed by atoms with Crippen molar-refractivity contribution >= 4 is 5.82 Å². The summed E-state index contributed by atoms with van der Waals surface area (Å²) in [6.07, 6.45) is 2.98. The highest BCUT2D eigenvalue weighted by atomic mass is 15.1. The van der Waals surface area contributed by atoms with Crippen LogP contribution in [0.3, 0.4) is 0 Å². The lowest BCUT2D eigenvalue weighted by atomic mass is 10.2. The minimum absolute atomic E-state index is 0.962. The van der Waals surface area contributed by atoms with Crippen LogP contribution in [0, 0.1) is 0 Å². The molecule has 3 nitrogen and oxygen atoms in total. The molecular formula is C11H19N3. The van der Waals surface area contributed by atoms with Crippen LogP contribution in [0.2, 0.25) is 0 Å². The first-order valence-corrected chi connectivity index (χ1v) is 5.06. The minimum atomic E-state index is 0.962. The van der Waals surface area contributed by atoms with E-state index < -0.39 is 0 Å². The highest BCUT2D eigenvalue weighted by molar-refractivity contribution is 5.37. The maximum absolute atomic E-state index is 4.25. The van der Waals surface area contributed by atoms with Gasteiger partial charge in [0.25, 0.3) is 0 Å². The highest BCUT2D eigenvalue weighted by Crippen LogP contribution is 2.07. The van der Waals surface area contributed by atoms with Gasteiger partial charge >= 0.3 is 0 Å². The maximum atomic E-state index is 4.25. The molecule has 1 N–H and O–H groups in total. The van der Waals surface area contributed by atoms with Crippen molar-refractivity contribution in [2.75, 3.05) is 26.0 Å². The van der Waals surface area contributed by atoms with Gasteiger partial charge in [-0.05, 0) is 38.2 Å². The molecule has 0 aliphatic carbocycles. The van der Waals surface area contributed by atoms with Crippen LogP contribution >= 0.6 is 0 Å². The van der Waals surface area contributed by atoms with Gasteiger partial charge in [-0.25, -0.2) is 4.98 Å². The fourth-order valence-corrected chi connectivity index (χ4v) is 1.29. The molecule has 0 atom stereocenters. The second-order valence-electron chi connectivity index (χ2n) is 3.71. The van der Waals surface area contributed by atoms with Crippen molar-refractivity contribution < 1.29 is 0 Å². The van der Waals surface area contributed by atoms with E-state index in [4.69, 9.17) is 0 Å². The fraction of sp³-hybridized carbons (Fsp3) is 0.545. The number of nitrogens with one attached hydrogen (secondary N) is 1. The quantitative estimate of drug-likeness (QED) is 0.775. The van der Waals surface area contributed by atoms with Gasteiger partial charge < -0.3 is 10.2 Å². The Bertz CT molecular complexity index is 271. The Kier molecular flexibility index (Phi) is 4.40. The zero-order valence-corrected chi connectivity index (χ0v) is 9.25. The van der Waals surface area contributed by atoms with Crippen LogP contribution in [0.1, 0.15) is 18.9 Å². The van der Waals surface area contributed by atoms with Crippen LogP contribution < -0.4 is 5.32 Å². The van der Waals surface area contributed by atoms with E-state index in [0.717, 1.165) is 25.3 Å². The van der Waals surface area contributed by atoms with Gasteiger partial charge in [0, 0.05) is 19.3 Å². The zero-order valence-electron chi connectivity index (χ0n) is 9.25. The van der Waals surface area contributed by atoms with Crippen LogP contribution in [0.5, 0.6) is 0 Å². The predicted molar refractivity (Wildman–Crippen MR) is 60.4 cm³/mol. The predicted octanol–water partition coefficient (Wildman–Crippen LogP) is 1.97. The molecule has 0 fully saturated rings. The zero-order chi connectivity index (χ0) is 10.4. The van der Waals surface area contributed by atoms with Gasteiger partial charge in [-0.2, -0.15) is 0 Å². The Morgan fingerprint density at radius 1 is 1.43 bits per heavy atom. The smallest absolute Gasteiger partial charge is 0.126 e. The molecule has 0 aliphatic rings. The molecule has 1 heterocycles. The molecule has 1 aromatic heterocycles. The number of hydrogen-bond donors (Lipinski definition) is 1. The van der Waals surface area contributed by atoms with E-state index in [1.165, 1.54) is 5.56 Å². The van der Waals surface area contributed by atoms with Gasteiger partial charge in [0.15, 0.2) is 0 Å². The van der Waals surface area contributed by atoms with E-state index in [1.54, 1.807) is 0 Å². The second-order valence-corrected chi connectivity index (χ2v) is 3.71. The third kappa shape index (κ3) is 3.75. The van der Waals surface area contributed by atoms with Crippen molar-refractivity contribution in [3.63, 3.8) is 0 Å². The summed E-state index contributed by atoms with van der Waals surface area (Å²) in [4.78, 5) is 6.41. The number of nitrogens with zero attached hydrogens (tertiary/aromatic N) is 2. The van der Waals surface area contributed by atoms with Crippen LogP contribution in [0.25, 0.3) is 0 Å². The number of hydrogen-bond acceptors (Lipinski definition) is 3. The molecule has 14 heavy (non-hydrogen) atoms. The maximum Gasteiger partial charge on any atom is 0.126 e. The molecule has 0 saturated carbocycles. The van der Waals surface area contributed by atoms with E-state index in [9.17, 15) is 0 Å². The lowest BCUT2D eigenvalue weighted by molar-refractivity contribution is 0.402. The molecule has 0 saturated heterocycles. The molecule has 0 spiro atoms. The Balaban J connectivity index is 2.59. The molecule has 78 valence electrons. The molecule has 0 bridgehead atoms. The SMILES string of the molecule is CCCNc1cc(CN(C)C)ccn1. The van der Waals surface area contributed by atoms with Gasteiger partial charge in [-0.15, -0.1) is 0 Å². The van der Waals surface area contributed by atoms with Crippen molar-refractivity contribution in [2.24, 2.45) is 0 Å². The van der Waals surface area contributed by atoms with Crippen LogP contribution in [-0.4, -0.2) is 30.5 Å². The first-order chi connectivity index (χ1) is 6.72. The third-order valence-corrected chi connectivity index (χ3v) is 1.88. The fourth-order valence-electron chi connectivity index (χ4n) is 1.29. The molecule has 3 heteroatoms. The lowest BCUT2D eigenvalue weighted by Gasteiger charge is -2.10. The summed E-state index contributed by atoms with van der Waals surface area (Å²) >= 11 is 0. The summed E-state index contributed by atoms with van der Waals surface area (Å²) in [5.41, 5.74) is 1.30. The van der Waals surface area contributed by atoms with Gasteiger partial charge in [-0.3, -0.25) is 0 Å². The summed E-state index contributed by atoms with van der Waals surface area (Å²) in [6, 6.07) is 4.16. The molecule has 1 aromatic rings. The average molecular weight is 193 g/mol. The molecule has 0 aromatic carbocycles. The van der Waals surface area contributed by atoms with E-state index in [1.807, 2.05) is 6.20 Å². The Labute approximate surface area is 86.2 Å². The first-order valence-electron chi connectivity index (χ1n) is 5.06. The molecule has 0 amide bonds. The molecular weight excluding hydrogens is 174 g/mol. The number of anilines is 1. The monoisotopic (exact) mass is 193 g/mol. The number of rotatable bonds is 5. The number of aromatic nitrogens is 1. The minimum Gasteiger partial charge on any atom is -0.370 e. The van der Waals surface area contributed by atoms with Crippen molar-refractivity contribution in [2.45, 2.75) is 19.9 Å². The summed E-state index contributed by atoms with van der Waals surface area (Å²) in [5, 5.41) is 3.28. The van der Waals surface area contributed by atoms with Crippen molar-refractivity contribution in [1.82, 2.24) is 9.88 Å². The number of pyridine rings is 1. The largest absolute Gasteiger partial charge is 0.370 e. The van der Waals surface area contributed by atoms with Crippen molar-refractivity contribution in [3.8, 4) is 0 Å². The van der Waals surface area contributed by atoms with E-state index >= 15 is 0 Å². The Morgan fingerprint density at radius 3 is 2.86 bits per heavy atom.